The molecule has 2 aliphatic heterocycles. The summed E-state index contributed by atoms with van der Waals surface area (Å²) in [4.78, 5) is 0. The first kappa shape index (κ1) is 15.2. The molecule has 3 rings (SSSR count). The highest BCUT2D eigenvalue weighted by Gasteiger charge is 2.68. The molecule has 22 heavy (non-hydrogen) atoms. The minimum atomic E-state index is -5.12. The van der Waals surface area contributed by atoms with Crippen LogP contribution in [0, 0.1) is 5.82 Å². The van der Waals surface area contributed by atoms with Gasteiger partial charge >= 0.3 is 24.4 Å². The van der Waals surface area contributed by atoms with Crippen molar-refractivity contribution in [3.8, 4) is 5.75 Å². The van der Waals surface area contributed by atoms with Gasteiger partial charge in [-0.3, -0.25) is 0 Å². The number of ether oxygens (including phenoxy) is 2. The number of benzene rings is 1. The van der Waals surface area contributed by atoms with E-state index >= 15 is 0 Å². The molecule has 1 aromatic rings. The van der Waals surface area contributed by atoms with Gasteiger partial charge in [0.05, 0.1) is 0 Å². The van der Waals surface area contributed by atoms with Crippen molar-refractivity contribution in [3.05, 3.63) is 28.1 Å². The molecular formula is C10HF9O3. The van der Waals surface area contributed by atoms with Gasteiger partial charge in [-0.2, -0.15) is 35.1 Å². The molecule has 0 aliphatic carbocycles. The standard InChI is InChI=1S/C10HF9O3/c11-5-1-3(9(16,17)21-7(1,12)13)6(20)4-2(5)8(14,15)22-10(4,18)19/h20H. The van der Waals surface area contributed by atoms with Gasteiger partial charge in [-0.25, -0.2) is 13.9 Å². The molecular weight excluding hydrogens is 339 g/mol. The minimum absolute atomic E-state index is 2.35. The third-order valence-electron chi connectivity index (χ3n) is 3.09. The van der Waals surface area contributed by atoms with Crippen LogP contribution in [0.3, 0.4) is 0 Å². The number of phenolic OH excluding ortho intramolecular Hbond substituents is 1. The van der Waals surface area contributed by atoms with Crippen molar-refractivity contribution in [3.63, 3.8) is 0 Å². The number of aromatic hydroxyl groups is 1. The lowest BCUT2D eigenvalue weighted by atomic mass is 9.96. The normalized spacial score (nSPS) is 25.9. The van der Waals surface area contributed by atoms with E-state index in [0.29, 0.717) is 0 Å². The van der Waals surface area contributed by atoms with Crippen molar-refractivity contribution < 1.29 is 54.1 Å². The van der Waals surface area contributed by atoms with Crippen LogP contribution in [-0.4, -0.2) is 5.11 Å². The van der Waals surface area contributed by atoms with E-state index in [1.807, 2.05) is 0 Å². The molecule has 0 fully saturated rings. The predicted molar refractivity (Wildman–Crippen MR) is 45.8 cm³/mol. The van der Waals surface area contributed by atoms with E-state index in [4.69, 9.17) is 0 Å². The summed E-state index contributed by atoms with van der Waals surface area (Å²) in [5, 5.41) is 9.34. The van der Waals surface area contributed by atoms with E-state index in [9.17, 15) is 44.6 Å². The number of hydrogen-bond donors (Lipinski definition) is 1. The molecule has 122 valence electrons. The minimum Gasteiger partial charge on any atom is -0.507 e. The maximum Gasteiger partial charge on any atom is 0.392 e. The molecule has 0 aromatic heterocycles. The fourth-order valence-electron chi connectivity index (χ4n) is 2.35. The third kappa shape index (κ3) is 1.61. The quantitative estimate of drug-likeness (QED) is 0.731. The van der Waals surface area contributed by atoms with Gasteiger partial charge in [-0.1, -0.05) is 0 Å². The number of hydrogen-bond acceptors (Lipinski definition) is 3. The summed E-state index contributed by atoms with van der Waals surface area (Å²) in [6, 6.07) is 0. The van der Waals surface area contributed by atoms with E-state index in [1.54, 1.807) is 0 Å². The summed E-state index contributed by atoms with van der Waals surface area (Å²) in [6.45, 7) is 0. The van der Waals surface area contributed by atoms with Crippen LogP contribution < -0.4 is 0 Å². The molecule has 0 unspecified atom stereocenters. The Morgan fingerprint density at radius 2 is 0.864 bits per heavy atom. The number of fused-ring (bicyclic) bond motifs is 2. The van der Waals surface area contributed by atoms with E-state index < -0.39 is 58.3 Å². The Bertz CT molecular complexity index is 585. The van der Waals surface area contributed by atoms with Crippen LogP contribution in [-0.2, 0) is 33.9 Å². The fraction of sp³-hybridized carbons (Fsp3) is 0.400. The van der Waals surface area contributed by atoms with Crippen LogP contribution in [0.4, 0.5) is 39.5 Å². The zero-order valence-corrected chi connectivity index (χ0v) is 9.67. The average Bonchev–Trinajstić information content (AvgIpc) is 2.57. The van der Waals surface area contributed by atoms with Gasteiger partial charge < -0.3 is 5.11 Å². The lowest BCUT2D eigenvalue weighted by Gasteiger charge is -2.14. The zero-order chi connectivity index (χ0) is 16.9. The summed E-state index contributed by atoms with van der Waals surface area (Å²) in [5.41, 5.74) is -9.60. The van der Waals surface area contributed by atoms with Gasteiger partial charge in [-0.15, -0.1) is 0 Å². The van der Waals surface area contributed by atoms with E-state index in [1.165, 1.54) is 0 Å². The van der Waals surface area contributed by atoms with Crippen LogP contribution in [0.15, 0.2) is 0 Å². The van der Waals surface area contributed by atoms with E-state index in [0.717, 1.165) is 0 Å². The Kier molecular flexibility index (Phi) is 2.50. The SMILES string of the molecule is Oc1c2c(c(F)c3c1C(F)(F)OC3(F)F)C(F)(F)OC2(F)F. The van der Waals surface area contributed by atoms with Crippen molar-refractivity contribution in [2.45, 2.75) is 24.4 Å². The highest BCUT2D eigenvalue weighted by molar-refractivity contribution is 5.58. The Hall–Kier alpha value is -1.69. The van der Waals surface area contributed by atoms with Crippen LogP contribution in [0.25, 0.3) is 0 Å². The summed E-state index contributed by atoms with van der Waals surface area (Å²) in [6.07, 6.45) is -20.4. The molecule has 2 heterocycles. The van der Waals surface area contributed by atoms with Gasteiger partial charge in [0, 0.05) is 0 Å². The second-order valence-corrected chi connectivity index (χ2v) is 4.43. The monoisotopic (exact) mass is 340 g/mol. The maximum absolute atomic E-state index is 13.8. The lowest BCUT2D eigenvalue weighted by molar-refractivity contribution is -0.372. The topological polar surface area (TPSA) is 38.7 Å². The first-order valence-corrected chi connectivity index (χ1v) is 5.24. The maximum atomic E-state index is 13.8. The van der Waals surface area contributed by atoms with Gasteiger partial charge in [0.1, 0.15) is 33.8 Å². The van der Waals surface area contributed by atoms with Crippen molar-refractivity contribution in [2.24, 2.45) is 0 Å². The van der Waals surface area contributed by atoms with Crippen molar-refractivity contribution in [1.29, 1.82) is 0 Å². The van der Waals surface area contributed by atoms with Gasteiger partial charge in [0.2, 0.25) is 0 Å². The Labute approximate surface area is 113 Å². The smallest absolute Gasteiger partial charge is 0.392 e. The highest BCUT2D eigenvalue weighted by Crippen LogP contribution is 2.62. The molecule has 3 nitrogen and oxygen atoms in total. The largest absolute Gasteiger partial charge is 0.507 e. The average molecular weight is 340 g/mol. The summed E-state index contributed by atoms with van der Waals surface area (Å²) < 4.78 is 126. The fourth-order valence-corrected chi connectivity index (χ4v) is 2.35. The van der Waals surface area contributed by atoms with Crippen LogP contribution in [0.5, 0.6) is 5.75 Å². The van der Waals surface area contributed by atoms with Crippen LogP contribution in [0.2, 0.25) is 0 Å². The second kappa shape index (κ2) is 3.62. The Morgan fingerprint density at radius 3 is 1.18 bits per heavy atom. The number of phenols is 1. The summed E-state index contributed by atoms with van der Waals surface area (Å²) in [5.74, 6) is -5.12. The molecule has 12 heteroatoms. The predicted octanol–water partition coefficient (Wildman–Crippen LogP) is 3.79. The Balaban J connectivity index is 2.50. The number of halogens is 9. The molecule has 0 spiro atoms. The second-order valence-electron chi connectivity index (χ2n) is 4.43. The molecule has 0 atom stereocenters. The lowest BCUT2D eigenvalue weighted by Crippen LogP contribution is -2.20. The van der Waals surface area contributed by atoms with Crippen molar-refractivity contribution in [2.75, 3.05) is 0 Å². The number of alkyl halides is 8. The van der Waals surface area contributed by atoms with E-state index in [2.05, 4.69) is 9.47 Å². The van der Waals surface area contributed by atoms with Gasteiger partial charge in [0.25, 0.3) is 0 Å². The first-order valence-electron chi connectivity index (χ1n) is 5.24. The van der Waals surface area contributed by atoms with Gasteiger partial charge in [0.15, 0.2) is 0 Å². The highest BCUT2D eigenvalue weighted by atomic mass is 19.3. The van der Waals surface area contributed by atoms with E-state index in [-0.39, 0.29) is 0 Å². The van der Waals surface area contributed by atoms with Crippen molar-refractivity contribution >= 4 is 0 Å². The summed E-state index contributed by atoms with van der Waals surface area (Å²) >= 11 is 0. The third-order valence-corrected chi connectivity index (χ3v) is 3.09. The molecule has 0 saturated carbocycles. The Morgan fingerprint density at radius 1 is 0.591 bits per heavy atom. The van der Waals surface area contributed by atoms with Crippen molar-refractivity contribution in [1.82, 2.24) is 0 Å². The molecule has 0 bridgehead atoms. The molecule has 0 radical (unpaired) electrons. The molecule has 0 amide bonds. The van der Waals surface area contributed by atoms with Crippen LogP contribution >= 0.6 is 0 Å². The molecule has 1 aromatic carbocycles. The van der Waals surface area contributed by atoms with Crippen LogP contribution in [0.1, 0.15) is 22.3 Å². The number of rotatable bonds is 0. The molecule has 2 aliphatic rings. The molecule has 0 saturated heterocycles. The summed E-state index contributed by atoms with van der Waals surface area (Å²) in [7, 11) is 0. The zero-order valence-electron chi connectivity index (χ0n) is 9.67. The van der Waals surface area contributed by atoms with Gasteiger partial charge in [-0.05, 0) is 0 Å². The molecule has 1 N–H and O–H groups in total. The first-order chi connectivity index (χ1) is 9.72.